The van der Waals surface area contributed by atoms with E-state index in [1.165, 1.54) is 0 Å². The molecule has 1 N–H and O–H groups in total. The van der Waals surface area contributed by atoms with Gasteiger partial charge in [0.25, 0.3) is 0 Å². The first-order chi connectivity index (χ1) is 6.83. The molecule has 1 aromatic rings. The van der Waals surface area contributed by atoms with Crippen LogP contribution < -0.4 is 10.1 Å². The van der Waals surface area contributed by atoms with Gasteiger partial charge in [0.05, 0.1) is 0 Å². The van der Waals surface area contributed by atoms with Gasteiger partial charge in [-0.15, -0.1) is 6.58 Å². The van der Waals surface area contributed by atoms with Gasteiger partial charge in [-0.2, -0.15) is 0 Å². The van der Waals surface area contributed by atoms with Crippen LogP contribution in [-0.4, -0.2) is 19.7 Å². The molecule has 0 amide bonds. The smallest absolute Gasteiger partial charge is 0.119 e. The Kier molecular flexibility index (Phi) is 5.12. The quantitative estimate of drug-likeness (QED) is 0.577. The third-order valence-corrected chi connectivity index (χ3v) is 1.90. The Hall–Kier alpha value is -0.990. The number of nitrogens with one attached hydrogen (secondary N) is 1. The summed E-state index contributed by atoms with van der Waals surface area (Å²) in [6, 6.07) is 7.34. The van der Waals surface area contributed by atoms with Crippen LogP contribution in [0.3, 0.4) is 0 Å². The molecular weight excluding hydrogens is 198 g/mol. The molecule has 0 aliphatic rings. The summed E-state index contributed by atoms with van der Waals surface area (Å²) >= 11 is 5.74. The summed E-state index contributed by atoms with van der Waals surface area (Å²) in [6.45, 7) is 5.88. The minimum absolute atomic E-state index is 0.648. The zero-order chi connectivity index (χ0) is 10.2. The minimum atomic E-state index is 0.648. The maximum Gasteiger partial charge on any atom is 0.119 e. The fraction of sp³-hybridized carbons (Fsp3) is 0.273. The Bertz CT molecular complexity index is 271. The van der Waals surface area contributed by atoms with E-state index in [1.54, 1.807) is 0 Å². The second kappa shape index (κ2) is 6.46. The molecule has 14 heavy (non-hydrogen) atoms. The average Bonchev–Trinajstić information content (AvgIpc) is 2.21. The molecule has 0 spiro atoms. The van der Waals surface area contributed by atoms with E-state index in [0.717, 1.165) is 23.9 Å². The van der Waals surface area contributed by atoms with Crippen molar-refractivity contribution in [3.05, 3.63) is 41.9 Å². The zero-order valence-corrected chi connectivity index (χ0v) is 8.76. The lowest BCUT2D eigenvalue weighted by Crippen LogP contribution is -2.20. The summed E-state index contributed by atoms with van der Waals surface area (Å²) in [7, 11) is 0. The normalized spacial score (nSPS) is 9.79. The van der Waals surface area contributed by atoms with Crippen molar-refractivity contribution < 1.29 is 4.74 Å². The molecule has 0 bridgehead atoms. The Morgan fingerprint density at radius 1 is 1.36 bits per heavy atom. The first kappa shape index (κ1) is 11.1. The van der Waals surface area contributed by atoms with Gasteiger partial charge in [-0.3, -0.25) is 0 Å². The molecule has 1 aromatic carbocycles. The van der Waals surface area contributed by atoms with Gasteiger partial charge < -0.3 is 10.1 Å². The molecular formula is C11H14ClNO. The number of halogens is 1. The molecule has 76 valence electrons. The highest BCUT2D eigenvalue weighted by Gasteiger charge is 1.92. The lowest BCUT2D eigenvalue weighted by atomic mass is 10.3. The Labute approximate surface area is 89.5 Å². The van der Waals surface area contributed by atoms with Crippen molar-refractivity contribution in [3.63, 3.8) is 0 Å². The average molecular weight is 212 g/mol. The van der Waals surface area contributed by atoms with Gasteiger partial charge >= 0.3 is 0 Å². The van der Waals surface area contributed by atoms with Gasteiger partial charge in [-0.1, -0.05) is 17.7 Å². The molecule has 0 aliphatic heterocycles. The van der Waals surface area contributed by atoms with Crippen molar-refractivity contribution in [2.24, 2.45) is 0 Å². The minimum Gasteiger partial charge on any atom is -0.492 e. The standard InChI is InChI=1S/C11H14ClNO/c1-2-7-13-8-9-14-11-5-3-10(12)4-6-11/h2-6,13H,1,7-9H2. The Morgan fingerprint density at radius 3 is 2.71 bits per heavy atom. The van der Waals surface area contributed by atoms with E-state index >= 15 is 0 Å². The van der Waals surface area contributed by atoms with Gasteiger partial charge in [0.2, 0.25) is 0 Å². The van der Waals surface area contributed by atoms with Gasteiger partial charge in [0.1, 0.15) is 12.4 Å². The van der Waals surface area contributed by atoms with E-state index < -0.39 is 0 Å². The van der Waals surface area contributed by atoms with Crippen molar-refractivity contribution in [2.75, 3.05) is 19.7 Å². The third kappa shape index (κ3) is 4.30. The summed E-state index contributed by atoms with van der Waals surface area (Å²) in [5.74, 6) is 0.842. The number of rotatable bonds is 6. The van der Waals surface area contributed by atoms with Crippen LogP contribution in [0.25, 0.3) is 0 Å². The molecule has 1 rings (SSSR count). The highest BCUT2D eigenvalue weighted by Crippen LogP contribution is 2.14. The molecule has 0 saturated heterocycles. The second-order valence-corrected chi connectivity index (χ2v) is 3.23. The molecule has 0 aromatic heterocycles. The first-order valence-electron chi connectivity index (χ1n) is 4.53. The number of hydrogen-bond donors (Lipinski definition) is 1. The number of ether oxygens (including phenoxy) is 1. The van der Waals surface area contributed by atoms with Crippen LogP contribution in [0, 0.1) is 0 Å². The molecule has 0 atom stereocenters. The molecule has 0 unspecified atom stereocenters. The van der Waals surface area contributed by atoms with E-state index in [-0.39, 0.29) is 0 Å². The summed E-state index contributed by atoms with van der Waals surface area (Å²) in [6.07, 6.45) is 1.82. The fourth-order valence-electron chi connectivity index (χ4n) is 0.976. The third-order valence-electron chi connectivity index (χ3n) is 1.65. The molecule has 2 nitrogen and oxygen atoms in total. The van der Waals surface area contributed by atoms with E-state index in [0.29, 0.717) is 6.61 Å². The lowest BCUT2D eigenvalue weighted by molar-refractivity contribution is 0.316. The summed E-state index contributed by atoms with van der Waals surface area (Å²) in [5, 5.41) is 3.87. The predicted octanol–water partition coefficient (Wildman–Crippen LogP) is 2.49. The molecule has 0 heterocycles. The molecule has 3 heteroatoms. The van der Waals surface area contributed by atoms with Crippen LogP contribution in [0.5, 0.6) is 5.75 Å². The van der Waals surface area contributed by atoms with Crippen molar-refractivity contribution in [1.29, 1.82) is 0 Å². The Morgan fingerprint density at radius 2 is 2.07 bits per heavy atom. The van der Waals surface area contributed by atoms with Crippen LogP contribution >= 0.6 is 11.6 Å². The monoisotopic (exact) mass is 211 g/mol. The van der Waals surface area contributed by atoms with E-state index in [2.05, 4.69) is 11.9 Å². The van der Waals surface area contributed by atoms with Gasteiger partial charge in [-0.05, 0) is 24.3 Å². The van der Waals surface area contributed by atoms with Gasteiger partial charge in [0.15, 0.2) is 0 Å². The molecule has 0 saturated carbocycles. The number of benzene rings is 1. The van der Waals surface area contributed by atoms with E-state index in [9.17, 15) is 0 Å². The van der Waals surface area contributed by atoms with Crippen LogP contribution in [0.1, 0.15) is 0 Å². The highest BCUT2D eigenvalue weighted by atomic mass is 35.5. The number of hydrogen-bond acceptors (Lipinski definition) is 2. The van der Waals surface area contributed by atoms with Crippen LogP contribution in [0.15, 0.2) is 36.9 Å². The summed E-state index contributed by atoms with van der Waals surface area (Å²) in [5.41, 5.74) is 0. The van der Waals surface area contributed by atoms with Crippen molar-refractivity contribution in [2.45, 2.75) is 0 Å². The molecule has 0 radical (unpaired) electrons. The molecule has 0 fully saturated rings. The maximum absolute atomic E-state index is 5.74. The summed E-state index contributed by atoms with van der Waals surface area (Å²) in [4.78, 5) is 0. The van der Waals surface area contributed by atoms with Crippen molar-refractivity contribution >= 4 is 11.6 Å². The van der Waals surface area contributed by atoms with E-state index in [4.69, 9.17) is 16.3 Å². The van der Waals surface area contributed by atoms with Gasteiger partial charge in [-0.25, -0.2) is 0 Å². The zero-order valence-electron chi connectivity index (χ0n) is 8.00. The van der Waals surface area contributed by atoms with Crippen LogP contribution in [0.2, 0.25) is 5.02 Å². The van der Waals surface area contributed by atoms with Crippen LogP contribution in [0.4, 0.5) is 0 Å². The topological polar surface area (TPSA) is 21.3 Å². The molecule has 0 aliphatic carbocycles. The predicted molar refractivity (Wildman–Crippen MR) is 60.0 cm³/mol. The highest BCUT2D eigenvalue weighted by molar-refractivity contribution is 6.30. The first-order valence-corrected chi connectivity index (χ1v) is 4.90. The van der Waals surface area contributed by atoms with Crippen molar-refractivity contribution in [3.8, 4) is 5.75 Å². The largest absolute Gasteiger partial charge is 0.492 e. The van der Waals surface area contributed by atoms with Crippen molar-refractivity contribution in [1.82, 2.24) is 5.32 Å². The van der Waals surface area contributed by atoms with E-state index in [1.807, 2.05) is 30.3 Å². The maximum atomic E-state index is 5.74. The Balaban J connectivity index is 2.18. The summed E-state index contributed by atoms with van der Waals surface area (Å²) < 4.78 is 5.45. The second-order valence-electron chi connectivity index (χ2n) is 2.80. The lowest BCUT2D eigenvalue weighted by Gasteiger charge is -2.05. The van der Waals surface area contributed by atoms with Gasteiger partial charge in [0, 0.05) is 18.1 Å². The SMILES string of the molecule is C=CCNCCOc1ccc(Cl)cc1. The van der Waals surface area contributed by atoms with Crippen LogP contribution in [-0.2, 0) is 0 Å². The fourth-order valence-corrected chi connectivity index (χ4v) is 1.10.